The fourth-order valence-corrected chi connectivity index (χ4v) is 5.40. The van der Waals surface area contributed by atoms with E-state index in [0.717, 1.165) is 54.7 Å². The quantitative estimate of drug-likeness (QED) is 0.230. The zero-order valence-corrected chi connectivity index (χ0v) is 18.8. The van der Waals surface area contributed by atoms with Crippen LogP contribution in [0.1, 0.15) is 26.7 Å². The maximum atomic E-state index is 6.27. The summed E-state index contributed by atoms with van der Waals surface area (Å²) in [7, 11) is 8.27. The molecule has 0 heterocycles. The summed E-state index contributed by atoms with van der Waals surface area (Å²) in [4.78, 5) is 0. The van der Waals surface area contributed by atoms with E-state index >= 15 is 0 Å². The molecule has 0 spiro atoms. The van der Waals surface area contributed by atoms with Gasteiger partial charge in [0.1, 0.15) is 0 Å². The first-order valence-corrected chi connectivity index (χ1v) is 11.7. The molecule has 0 bridgehead atoms. The minimum atomic E-state index is -0.237. The molecular weight excluding hydrogens is 360 g/mol. The van der Waals surface area contributed by atoms with Crippen LogP contribution >= 0.6 is 17.2 Å². The molecule has 0 rings (SSSR count). The molecule has 0 aromatic carbocycles. The minimum absolute atomic E-state index is 0.113. The second-order valence-corrected chi connectivity index (χ2v) is 9.08. The van der Waals surface area contributed by atoms with Crippen LogP contribution in [-0.4, -0.2) is 83.9 Å². The van der Waals surface area contributed by atoms with Crippen molar-refractivity contribution in [3.05, 3.63) is 0 Å². The average Bonchev–Trinajstić information content (AvgIpc) is 2.61. The summed E-state index contributed by atoms with van der Waals surface area (Å²) in [6.45, 7) is 4.70. The molecule has 0 aromatic heterocycles. The molecule has 0 amide bonds. The van der Waals surface area contributed by atoms with Crippen LogP contribution in [0, 0.1) is 0 Å². The average molecular weight is 399 g/mol. The highest BCUT2D eigenvalue weighted by Crippen LogP contribution is 2.29. The van der Waals surface area contributed by atoms with Crippen molar-refractivity contribution in [1.82, 2.24) is 0 Å². The van der Waals surface area contributed by atoms with Gasteiger partial charge in [-0.2, -0.15) is 0 Å². The van der Waals surface area contributed by atoms with Gasteiger partial charge in [-0.15, -0.1) is 17.2 Å². The van der Waals surface area contributed by atoms with Gasteiger partial charge < -0.3 is 29.4 Å². The molecule has 8 heteroatoms. The van der Waals surface area contributed by atoms with Gasteiger partial charge in [-0.3, -0.25) is 0 Å². The summed E-state index contributed by atoms with van der Waals surface area (Å²) in [5, 5.41) is 0. The highest BCUT2D eigenvalue weighted by atomic mass is 31.1. The van der Waals surface area contributed by atoms with Gasteiger partial charge >= 0.3 is 0 Å². The number of methoxy groups -OCH3 is 4. The van der Waals surface area contributed by atoms with E-state index in [9.17, 15) is 0 Å². The lowest BCUT2D eigenvalue weighted by atomic mass is 9.97. The molecule has 0 saturated heterocycles. The molecule has 2 N–H and O–H groups in total. The van der Waals surface area contributed by atoms with Gasteiger partial charge in [-0.25, -0.2) is 0 Å². The SMILES string of the molecule is COC(CPCCC(CN)(CCPCC(OC)OC)OC(C)C)OC. The van der Waals surface area contributed by atoms with Crippen molar-refractivity contribution in [3.8, 4) is 0 Å². The predicted octanol–water partition coefficient (Wildman–Crippen LogP) is 2.48. The van der Waals surface area contributed by atoms with Crippen molar-refractivity contribution in [3.63, 3.8) is 0 Å². The first-order valence-electron chi connectivity index (χ1n) is 8.87. The fraction of sp³-hybridized carbons (Fsp3) is 1.00. The summed E-state index contributed by atoms with van der Waals surface area (Å²) in [6, 6.07) is 0. The number of rotatable bonds is 17. The number of nitrogens with two attached hydrogens (primary N) is 1. The Hall–Kier alpha value is 0.620. The highest BCUT2D eigenvalue weighted by Gasteiger charge is 2.30. The van der Waals surface area contributed by atoms with Crippen LogP contribution in [0.5, 0.6) is 0 Å². The molecule has 0 fully saturated rings. The third-order valence-corrected chi connectivity index (χ3v) is 6.50. The molecule has 152 valence electrons. The van der Waals surface area contributed by atoms with E-state index in [1.54, 1.807) is 28.4 Å². The van der Waals surface area contributed by atoms with Crippen LogP contribution in [0.3, 0.4) is 0 Å². The Morgan fingerprint density at radius 2 is 1.20 bits per heavy atom. The van der Waals surface area contributed by atoms with E-state index in [2.05, 4.69) is 13.8 Å². The normalized spacial score (nSPS) is 15.6. The van der Waals surface area contributed by atoms with Gasteiger partial charge in [0, 0.05) is 47.3 Å². The summed E-state index contributed by atoms with van der Waals surface area (Å²) >= 11 is 0. The molecule has 0 saturated carbocycles. The van der Waals surface area contributed by atoms with E-state index < -0.39 is 0 Å². The summed E-state index contributed by atoms with van der Waals surface area (Å²) in [5.74, 6) is 0. The molecule has 0 aliphatic carbocycles. The second-order valence-electron chi connectivity index (χ2n) is 6.26. The van der Waals surface area contributed by atoms with E-state index in [0.29, 0.717) is 6.54 Å². The Labute approximate surface area is 157 Å². The first-order chi connectivity index (χ1) is 12.0. The van der Waals surface area contributed by atoms with Crippen LogP contribution in [0.15, 0.2) is 0 Å². The third-order valence-electron chi connectivity index (χ3n) is 4.05. The topological polar surface area (TPSA) is 72.2 Å². The van der Waals surface area contributed by atoms with Crippen LogP contribution < -0.4 is 5.73 Å². The van der Waals surface area contributed by atoms with Crippen molar-refractivity contribution in [2.45, 2.75) is 51.0 Å². The number of hydrogen-bond donors (Lipinski definition) is 1. The lowest BCUT2D eigenvalue weighted by Crippen LogP contribution is -2.43. The van der Waals surface area contributed by atoms with Gasteiger partial charge in [0.05, 0.1) is 11.7 Å². The van der Waals surface area contributed by atoms with Crippen molar-refractivity contribution in [2.75, 3.05) is 59.6 Å². The molecule has 0 aromatic rings. The molecule has 0 aliphatic rings. The number of hydrogen-bond acceptors (Lipinski definition) is 6. The maximum absolute atomic E-state index is 6.27. The third kappa shape index (κ3) is 11.8. The Morgan fingerprint density at radius 1 is 0.800 bits per heavy atom. The summed E-state index contributed by atoms with van der Waals surface area (Å²) in [6.07, 6.45) is 5.89. The van der Waals surface area contributed by atoms with Gasteiger partial charge in [0.2, 0.25) is 0 Å². The van der Waals surface area contributed by atoms with Crippen molar-refractivity contribution < 1.29 is 23.7 Å². The molecular formula is C17H39NO5P2. The van der Waals surface area contributed by atoms with E-state index in [-0.39, 0.29) is 24.3 Å². The van der Waals surface area contributed by atoms with Crippen LogP contribution in [0.2, 0.25) is 0 Å². The van der Waals surface area contributed by atoms with Crippen molar-refractivity contribution in [2.24, 2.45) is 5.73 Å². The Kier molecular flexibility index (Phi) is 16.0. The predicted molar refractivity (Wildman–Crippen MR) is 109 cm³/mol. The van der Waals surface area contributed by atoms with Gasteiger partial charge in [0.15, 0.2) is 12.6 Å². The second kappa shape index (κ2) is 15.7. The molecule has 0 radical (unpaired) electrons. The minimum Gasteiger partial charge on any atom is -0.371 e. The Morgan fingerprint density at radius 3 is 1.48 bits per heavy atom. The zero-order chi connectivity index (χ0) is 19.1. The standard InChI is InChI=1S/C17H39NO5P2/c1-14(2)23-17(13-18,7-9-24-11-15(19-3)20-4)8-10-25-12-16(21-5)22-6/h14-16,24-25H,7-13,18H2,1-6H3. The zero-order valence-electron chi connectivity index (χ0n) is 16.8. The molecule has 2 unspecified atom stereocenters. The largest absolute Gasteiger partial charge is 0.371 e. The molecule has 6 nitrogen and oxygen atoms in total. The Bertz CT molecular complexity index is 283. The molecule has 25 heavy (non-hydrogen) atoms. The molecule has 0 aliphatic heterocycles. The van der Waals surface area contributed by atoms with Crippen molar-refractivity contribution in [1.29, 1.82) is 0 Å². The summed E-state index contributed by atoms with van der Waals surface area (Å²) < 4.78 is 27.3. The maximum Gasteiger partial charge on any atom is 0.160 e. The lowest BCUT2D eigenvalue weighted by Gasteiger charge is -2.35. The van der Waals surface area contributed by atoms with Gasteiger partial charge in [-0.1, -0.05) is 0 Å². The van der Waals surface area contributed by atoms with Gasteiger partial charge in [-0.05, 0) is 39.0 Å². The van der Waals surface area contributed by atoms with Crippen molar-refractivity contribution >= 4 is 17.2 Å². The number of ether oxygens (including phenoxy) is 5. The van der Waals surface area contributed by atoms with E-state index in [1.807, 2.05) is 0 Å². The van der Waals surface area contributed by atoms with Crippen LogP contribution in [0.4, 0.5) is 0 Å². The van der Waals surface area contributed by atoms with Gasteiger partial charge in [0.25, 0.3) is 0 Å². The van der Waals surface area contributed by atoms with Crippen LogP contribution in [-0.2, 0) is 23.7 Å². The first kappa shape index (κ1) is 25.6. The summed E-state index contributed by atoms with van der Waals surface area (Å²) in [5.41, 5.74) is 5.89. The molecule has 2 atom stereocenters. The lowest BCUT2D eigenvalue weighted by molar-refractivity contribution is -0.0856. The monoisotopic (exact) mass is 399 g/mol. The highest BCUT2D eigenvalue weighted by molar-refractivity contribution is 7.38. The van der Waals surface area contributed by atoms with E-state index in [4.69, 9.17) is 29.4 Å². The Balaban J connectivity index is 4.41. The van der Waals surface area contributed by atoms with E-state index in [1.165, 1.54) is 0 Å². The smallest absolute Gasteiger partial charge is 0.160 e. The fourth-order valence-electron chi connectivity index (χ4n) is 2.59. The van der Waals surface area contributed by atoms with Crippen LogP contribution in [0.25, 0.3) is 0 Å².